The predicted molar refractivity (Wildman–Crippen MR) is 78.8 cm³/mol. The van der Waals surface area contributed by atoms with Crippen LogP contribution >= 0.6 is 28.6 Å². The van der Waals surface area contributed by atoms with Crippen LogP contribution < -0.4 is 0 Å². The molecule has 1 nitrogen and oxygen atoms in total. The molecule has 3 heteroatoms. The fourth-order valence-corrected chi connectivity index (χ4v) is 3.40. The van der Waals surface area contributed by atoms with Gasteiger partial charge >= 0.3 is 0 Å². The van der Waals surface area contributed by atoms with Crippen LogP contribution in [0.1, 0.15) is 29.7 Å². The number of rotatable bonds is 1. The molecule has 1 aromatic carbocycles. The van der Waals surface area contributed by atoms with Crippen LogP contribution in [0, 0.1) is 0 Å². The van der Waals surface area contributed by atoms with Crippen LogP contribution in [-0.2, 0) is 18.6 Å². The molecule has 17 heavy (non-hydrogen) atoms. The van der Waals surface area contributed by atoms with Gasteiger partial charge in [-0.15, -0.1) is 0 Å². The van der Waals surface area contributed by atoms with Gasteiger partial charge in [-0.1, -0.05) is 15.9 Å². The van der Waals surface area contributed by atoms with Crippen molar-refractivity contribution in [1.82, 2.24) is 4.98 Å². The number of fused-ring (bicyclic) bond motifs is 2. The van der Waals surface area contributed by atoms with Crippen LogP contribution in [0.4, 0.5) is 0 Å². The molecule has 0 atom stereocenters. The van der Waals surface area contributed by atoms with E-state index in [4.69, 9.17) is 4.98 Å². The maximum Gasteiger partial charge on any atom is 0.0709 e. The molecule has 1 aliphatic rings. The number of hydrogen-bond donors (Lipinski definition) is 1. The van der Waals surface area contributed by atoms with Crippen molar-refractivity contribution >= 4 is 39.5 Å². The monoisotopic (exact) mass is 307 g/mol. The average molecular weight is 308 g/mol. The summed E-state index contributed by atoms with van der Waals surface area (Å²) in [5.41, 5.74) is 5.25. The molecule has 3 rings (SSSR count). The SMILES string of the molecule is SCc1c2c(nc3ccc(Br)cc13)CCCC2. The minimum atomic E-state index is 0.803. The first-order valence-electron chi connectivity index (χ1n) is 6.00. The lowest BCUT2D eigenvalue weighted by Crippen LogP contribution is -2.09. The van der Waals surface area contributed by atoms with Gasteiger partial charge in [0.2, 0.25) is 0 Å². The quantitative estimate of drug-likeness (QED) is 0.775. The summed E-state index contributed by atoms with van der Waals surface area (Å²) in [6.07, 6.45) is 4.85. The standard InChI is InChI=1S/C14H14BrNS/c15-9-5-6-14-11(7-9)12(8-17)10-3-1-2-4-13(10)16-14/h5-7,17H,1-4,8H2. The number of aromatic nitrogens is 1. The van der Waals surface area contributed by atoms with E-state index in [1.54, 1.807) is 0 Å². The minimum absolute atomic E-state index is 0.803. The highest BCUT2D eigenvalue weighted by Crippen LogP contribution is 2.31. The van der Waals surface area contributed by atoms with Gasteiger partial charge in [-0.2, -0.15) is 12.6 Å². The second-order valence-corrected chi connectivity index (χ2v) is 5.77. The van der Waals surface area contributed by atoms with Gasteiger partial charge in [-0.3, -0.25) is 4.98 Å². The van der Waals surface area contributed by atoms with Crippen molar-refractivity contribution in [2.75, 3.05) is 0 Å². The lowest BCUT2D eigenvalue weighted by atomic mass is 9.90. The van der Waals surface area contributed by atoms with Gasteiger partial charge in [0.1, 0.15) is 0 Å². The lowest BCUT2D eigenvalue weighted by molar-refractivity contribution is 0.667. The number of benzene rings is 1. The molecule has 0 radical (unpaired) electrons. The van der Waals surface area contributed by atoms with E-state index in [9.17, 15) is 0 Å². The first-order chi connectivity index (χ1) is 8.29. The summed E-state index contributed by atoms with van der Waals surface area (Å²) >= 11 is 8.05. The lowest BCUT2D eigenvalue weighted by Gasteiger charge is -2.20. The van der Waals surface area contributed by atoms with Gasteiger partial charge in [0.25, 0.3) is 0 Å². The van der Waals surface area contributed by atoms with Crippen LogP contribution in [0.25, 0.3) is 10.9 Å². The van der Waals surface area contributed by atoms with E-state index in [0.29, 0.717) is 0 Å². The zero-order chi connectivity index (χ0) is 11.8. The van der Waals surface area contributed by atoms with Crippen molar-refractivity contribution < 1.29 is 0 Å². The fourth-order valence-electron chi connectivity index (χ4n) is 2.67. The molecule has 1 aliphatic carbocycles. The van der Waals surface area contributed by atoms with Crippen molar-refractivity contribution in [3.63, 3.8) is 0 Å². The molecule has 0 spiro atoms. The van der Waals surface area contributed by atoms with Gasteiger partial charge in [-0.25, -0.2) is 0 Å². The van der Waals surface area contributed by atoms with Crippen molar-refractivity contribution in [3.05, 3.63) is 39.5 Å². The molecule has 2 aromatic rings. The highest BCUT2D eigenvalue weighted by molar-refractivity contribution is 9.10. The van der Waals surface area contributed by atoms with Crippen molar-refractivity contribution in [2.24, 2.45) is 0 Å². The summed E-state index contributed by atoms with van der Waals surface area (Å²) in [5, 5.41) is 1.26. The van der Waals surface area contributed by atoms with Gasteiger partial charge in [0, 0.05) is 21.3 Å². The zero-order valence-electron chi connectivity index (χ0n) is 9.54. The second kappa shape index (κ2) is 4.62. The number of hydrogen-bond acceptors (Lipinski definition) is 2. The van der Waals surface area contributed by atoms with Crippen LogP contribution in [-0.4, -0.2) is 4.98 Å². The van der Waals surface area contributed by atoms with Crippen LogP contribution in [0.2, 0.25) is 0 Å². The molecule has 0 saturated heterocycles. The first kappa shape index (κ1) is 11.5. The van der Waals surface area contributed by atoms with Gasteiger partial charge in [0.15, 0.2) is 0 Å². The smallest absolute Gasteiger partial charge is 0.0709 e. The Bertz CT molecular complexity index is 580. The third-order valence-corrected chi connectivity index (χ3v) is 4.31. The van der Waals surface area contributed by atoms with E-state index in [2.05, 4.69) is 46.8 Å². The summed E-state index contributed by atoms with van der Waals surface area (Å²) in [6.45, 7) is 0. The Labute approximate surface area is 115 Å². The van der Waals surface area contributed by atoms with Crippen LogP contribution in [0.5, 0.6) is 0 Å². The topological polar surface area (TPSA) is 12.9 Å². The highest BCUT2D eigenvalue weighted by Gasteiger charge is 2.17. The number of pyridine rings is 1. The molecule has 0 aliphatic heterocycles. The van der Waals surface area contributed by atoms with Gasteiger partial charge in [0.05, 0.1) is 5.52 Å². The Hall–Kier alpha value is -0.540. The van der Waals surface area contributed by atoms with Crippen molar-refractivity contribution in [1.29, 1.82) is 0 Å². The summed E-state index contributed by atoms with van der Waals surface area (Å²) in [6, 6.07) is 6.33. The minimum Gasteiger partial charge on any atom is -0.253 e. The van der Waals surface area contributed by atoms with E-state index in [-0.39, 0.29) is 0 Å². The van der Waals surface area contributed by atoms with Gasteiger partial charge in [-0.05, 0) is 55.0 Å². The largest absolute Gasteiger partial charge is 0.253 e. The van der Waals surface area contributed by atoms with E-state index in [1.807, 2.05) is 0 Å². The Kier molecular flexibility index (Phi) is 3.14. The average Bonchev–Trinajstić information content (AvgIpc) is 2.36. The molecular weight excluding hydrogens is 294 g/mol. The molecule has 0 N–H and O–H groups in total. The molecular formula is C14H14BrNS. The molecule has 0 saturated carbocycles. The second-order valence-electron chi connectivity index (χ2n) is 4.54. The summed E-state index contributed by atoms with van der Waals surface area (Å²) < 4.78 is 1.12. The predicted octanol–water partition coefficient (Wildman–Crippen LogP) is 4.31. The number of nitrogens with zero attached hydrogens (tertiary/aromatic N) is 1. The van der Waals surface area contributed by atoms with E-state index in [1.165, 1.54) is 41.5 Å². The first-order valence-corrected chi connectivity index (χ1v) is 7.43. The maximum atomic E-state index is 4.81. The Morgan fingerprint density at radius 3 is 2.88 bits per heavy atom. The van der Waals surface area contributed by atoms with Gasteiger partial charge < -0.3 is 0 Å². The fraction of sp³-hybridized carbons (Fsp3) is 0.357. The maximum absolute atomic E-state index is 4.81. The van der Waals surface area contributed by atoms with Crippen LogP contribution in [0.3, 0.4) is 0 Å². The number of thiol groups is 1. The molecule has 1 aromatic heterocycles. The summed E-state index contributed by atoms with van der Waals surface area (Å²) in [4.78, 5) is 4.81. The number of aryl methyl sites for hydroxylation is 1. The van der Waals surface area contributed by atoms with E-state index in [0.717, 1.165) is 22.2 Å². The molecule has 1 heterocycles. The Morgan fingerprint density at radius 2 is 2.06 bits per heavy atom. The van der Waals surface area contributed by atoms with Crippen molar-refractivity contribution in [3.8, 4) is 0 Å². The molecule has 0 fully saturated rings. The zero-order valence-corrected chi connectivity index (χ0v) is 12.0. The highest BCUT2D eigenvalue weighted by atomic mass is 79.9. The molecule has 0 bridgehead atoms. The molecule has 0 unspecified atom stereocenters. The third-order valence-electron chi connectivity index (χ3n) is 3.50. The Balaban J connectivity index is 2.35. The summed E-state index contributed by atoms with van der Waals surface area (Å²) in [7, 11) is 0. The van der Waals surface area contributed by atoms with Crippen molar-refractivity contribution in [2.45, 2.75) is 31.4 Å². The Morgan fingerprint density at radius 1 is 1.24 bits per heavy atom. The van der Waals surface area contributed by atoms with E-state index < -0.39 is 0 Å². The number of halogens is 1. The summed E-state index contributed by atoms with van der Waals surface area (Å²) in [5.74, 6) is 0.803. The normalized spacial score (nSPS) is 14.9. The van der Waals surface area contributed by atoms with Crippen LogP contribution in [0.15, 0.2) is 22.7 Å². The molecule has 0 amide bonds. The third kappa shape index (κ3) is 2.00. The van der Waals surface area contributed by atoms with E-state index >= 15 is 0 Å². The molecule has 88 valence electrons.